The van der Waals surface area contributed by atoms with Gasteiger partial charge in [-0.05, 0) is 32.4 Å². The van der Waals surface area contributed by atoms with Crippen LogP contribution in [0.1, 0.15) is 41.0 Å². The Labute approximate surface area is 151 Å². The molecule has 0 spiro atoms. The van der Waals surface area contributed by atoms with Crippen LogP contribution in [0.5, 0.6) is 0 Å². The van der Waals surface area contributed by atoms with Crippen LogP contribution in [0.25, 0.3) is 0 Å². The zero-order valence-corrected chi connectivity index (χ0v) is 16.1. The highest BCUT2D eigenvalue weighted by atomic mass is 35.5. The number of nitrogens with one attached hydrogen (secondary N) is 1. The molecule has 1 N–H and O–H groups in total. The standard InChI is InChI=1S/C17H23ClFNO3S/c1-6-10(4)23-17(22)11(5)24-15-8-14(13(19)7-12(15)18)20-16(21)9(2)3/h7-11H,6H2,1-5H3,(H,20,21). The summed E-state index contributed by atoms with van der Waals surface area (Å²) in [4.78, 5) is 24.3. The van der Waals surface area contributed by atoms with Gasteiger partial charge in [0.15, 0.2) is 0 Å². The highest BCUT2D eigenvalue weighted by Gasteiger charge is 2.21. The molecule has 1 amide bonds. The van der Waals surface area contributed by atoms with Crippen LogP contribution in [0.4, 0.5) is 10.1 Å². The first-order valence-electron chi connectivity index (χ1n) is 7.82. The molecule has 0 aromatic heterocycles. The summed E-state index contributed by atoms with van der Waals surface area (Å²) in [6.07, 6.45) is 0.566. The van der Waals surface area contributed by atoms with E-state index in [1.807, 2.05) is 13.8 Å². The largest absolute Gasteiger partial charge is 0.462 e. The van der Waals surface area contributed by atoms with Crippen LogP contribution in [0.3, 0.4) is 0 Å². The van der Waals surface area contributed by atoms with Crippen LogP contribution < -0.4 is 5.32 Å². The summed E-state index contributed by atoms with van der Waals surface area (Å²) in [7, 11) is 0. The fourth-order valence-electron chi connectivity index (χ4n) is 1.61. The molecule has 7 heteroatoms. The van der Waals surface area contributed by atoms with Crippen molar-refractivity contribution in [1.82, 2.24) is 0 Å². The highest BCUT2D eigenvalue weighted by Crippen LogP contribution is 2.35. The van der Waals surface area contributed by atoms with Crippen molar-refractivity contribution < 1.29 is 18.7 Å². The lowest BCUT2D eigenvalue weighted by atomic mass is 10.2. The lowest BCUT2D eigenvalue weighted by Gasteiger charge is -2.17. The molecule has 0 aliphatic carbocycles. The van der Waals surface area contributed by atoms with Crippen molar-refractivity contribution in [3.8, 4) is 0 Å². The first-order valence-corrected chi connectivity index (χ1v) is 9.08. The number of anilines is 1. The number of hydrogen-bond donors (Lipinski definition) is 1. The molecule has 134 valence electrons. The summed E-state index contributed by atoms with van der Waals surface area (Å²) in [5, 5.41) is 2.20. The molecule has 4 nitrogen and oxygen atoms in total. The number of halogens is 2. The predicted molar refractivity (Wildman–Crippen MR) is 96.0 cm³/mol. The molecule has 0 bridgehead atoms. The first-order chi connectivity index (χ1) is 11.1. The van der Waals surface area contributed by atoms with E-state index in [0.717, 1.165) is 24.2 Å². The molecule has 0 saturated carbocycles. The van der Waals surface area contributed by atoms with Crippen LogP contribution in [0.15, 0.2) is 17.0 Å². The summed E-state index contributed by atoms with van der Waals surface area (Å²) in [5.74, 6) is -1.55. The van der Waals surface area contributed by atoms with Crippen molar-refractivity contribution in [2.75, 3.05) is 5.32 Å². The monoisotopic (exact) mass is 375 g/mol. The lowest BCUT2D eigenvalue weighted by molar-refractivity contribution is -0.147. The van der Waals surface area contributed by atoms with Gasteiger partial charge in [0.1, 0.15) is 11.1 Å². The van der Waals surface area contributed by atoms with E-state index in [9.17, 15) is 14.0 Å². The lowest BCUT2D eigenvalue weighted by Crippen LogP contribution is -2.22. The summed E-state index contributed by atoms with van der Waals surface area (Å²) in [6.45, 7) is 8.87. The zero-order chi connectivity index (χ0) is 18.4. The zero-order valence-electron chi connectivity index (χ0n) is 14.5. The van der Waals surface area contributed by atoms with Crippen molar-refractivity contribution >= 4 is 40.9 Å². The molecule has 0 aliphatic rings. The molecule has 2 atom stereocenters. The number of hydrogen-bond acceptors (Lipinski definition) is 4. The van der Waals surface area contributed by atoms with Gasteiger partial charge in [-0.2, -0.15) is 0 Å². The normalized spacial score (nSPS) is 13.5. The van der Waals surface area contributed by atoms with Crippen LogP contribution in [-0.2, 0) is 14.3 Å². The van der Waals surface area contributed by atoms with E-state index in [4.69, 9.17) is 16.3 Å². The van der Waals surface area contributed by atoms with E-state index in [0.29, 0.717) is 4.90 Å². The summed E-state index contributed by atoms with van der Waals surface area (Å²) >= 11 is 7.22. The molecule has 0 aliphatic heterocycles. The molecule has 2 unspecified atom stereocenters. The molecule has 1 rings (SSSR count). The topological polar surface area (TPSA) is 55.4 Å². The second kappa shape index (κ2) is 9.28. The van der Waals surface area contributed by atoms with Crippen molar-refractivity contribution in [2.24, 2.45) is 5.92 Å². The summed E-state index contributed by atoms with van der Waals surface area (Å²) < 4.78 is 19.2. The number of rotatable bonds is 7. The minimum absolute atomic E-state index is 0.0445. The summed E-state index contributed by atoms with van der Waals surface area (Å²) in [5.41, 5.74) is 0.0445. The number of carbonyl (C=O) groups excluding carboxylic acids is 2. The number of carbonyl (C=O) groups is 2. The Bertz CT molecular complexity index is 610. The van der Waals surface area contributed by atoms with Gasteiger partial charge in [0, 0.05) is 10.8 Å². The van der Waals surface area contributed by atoms with Gasteiger partial charge >= 0.3 is 5.97 Å². The Morgan fingerprint density at radius 3 is 2.46 bits per heavy atom. The molecule has 0 fully saturated rings. The highest BCUT2D eigenvalue weighted by molar-refractivity contribution is 8.00. The van der Waals surface area contributed by atoms with E-state index < -0.39 is 11.1 Å². The predicted octanol–water partition coefficient (Wildman–Crippen LogP) is 4.90. The third-order valence-electron chi connectivity index (χ3n) is 3.33. The first kappa shape index (κ1) is 20.8. The third kappa shape index (κ3) is 5.98. The van der Waals surface area contributed by atoms with E-state index in [2.05, 4.69) is 5.32 Å². The van der Waals surface area contributed by atoms with Gasteiger partial charge in [0.25, 0.3) is 0 Å². The van der Waals surface area contributed by atoms with Crippen molar-refractivity contribution in [2.45, 2.75) is 57.3 Å². The van der Waals surface area contributed by atoms with E-state index in [1.54, 1.807) is 20.8 Å². The van der Waals surface area contributed by atoms with Crippen molar-refractivity contribution in [3.63, 3.8) is 0 Å². The second-order valence-corrected chi connectivity index (χ2v) is 7.61. The Hall–Kier alpha value is -1.27. The number of thioether (sulfide) groups is 1. The maximum Gasteiger partial charge on any atom is 0.319 e. The number of esters is 1. The Balaban J connectivity index is 2.91. The van der Waals surface area contributed by atoms with Crippen molar-refractivity contribution in [1.29, 1.82) is 0 Å². The second-order valence-electron chi connectivity index (χ2n) is 5.82. The maximum absolute atomic E-state index is 14.0. The third-order valence-corrected chi connectivity index (χ3v) is 4.89. The minimum Gasteiger partial charge on any atom is -0.462 e. The molecular formula is C17H23ClFNO3S. The molecule has 1 aromatic rings. The molecule has 0 heterocycles. The van der Waals surface area contributed by atoms with E-state index >= 15 is 0 Å². The molecule has 1 aromatic carbocycles. The minimum atomic E-state index is -0.617. The number of amides is 1. The van der Waals surface area contributed by atoms with Gasteiger partial charge < -0.3 is 10.1 Å². The van der Waals surface area contributed by atoms with E-state index in [-0.39, 0.29) is 34.6 Å². The van der Waals surface area contributed by atoms with E-state index in [1.165, 1.54) is 6.07 Å². The molecule has 24 heavy (non-hydrogen) atoms. The van der Waals surface area contributed by atoms with Gasteiger partial charge in [-0.3, -0.25) is 9.59 Å². The Morgan fingerprint density at radius 2 is 1.92 bits per heavy atom. The smallest absolute Gasteiger partial charge is 0.319 e. The Morgan fingerprint density at radius 1 is 1.29 bits per heavy atom. The summed E-state index contributed by atoms with van der Waals surface area (Å²) in [6, 6.07) is 2.57. The SMILES string of the molecule is CCC(C)OC(=O)C(C)Sc1cc(NC(=O)C(C)C)c(F)cc1Cl. The van der Waals surface area contributed by atoms with Gasteiger partial charge in [-0.25, -0.2) is 4.39 Å². The average molecular weight is 376 g/mol. The van der Waals surface area contributed by atoms with Crippen LogP contribution in [0.2, 0.25) is 5.02 Å². The van der Waals surface area contributed by atoms with Crippen LogP contribution in [0, 0.1) is 11.7 Å². The maximum atomic E-state index is 14.0. The number of benzene rings is 1. The Kier molecular flexibility index (Phi) is 8.03. The van der Waals surface area contributed by atoms with Gasteiger partial charge in [-0.15, -0.1) is 11.8 Å². The van der Waals surface area contributed by atoms with Crippen LogP contribution in [-0.4, -0.2) is 23.2 Å². The molecular weight excluding hydrogens is 353 g/mol. The number of ether oxygens (including phenoxy) is 1. The quantitative estimate of drug-likeness (QED) is 0.544. The van der Waals surface area contributed by atoms with Gasteiger partial charge in [0.05, 0.1) is 16.8 Å². The van der Waals surface area contributed by atoms with Crippen molar-refractivity contribution in [3.05, 3.63) is 23.0 Å². The van der Waals surface area contributed by atoms with Gasteiger partial charge in [0.2, 0.25) is 5.91 Å². The van der Waals surface area contributed by atoms with Crippen LogP contribution >= 0.6 is 23.4 Å². The van der Waals surface area contributed by atoms with Gasteiger partial charge in [-0.1, -0.05) is 32.4 Å². The fraction of sp³-hybridized carbons (Fsp3) is 0.529. The molecule has 0 radical (unpaired) electrons. The molecule has 0 saturated heterocycles. The fourth-order valence-corrected chi connectivity index (χ4v) is 2.78. The average Bonchev–Trinajstić information content (AvgIpc) is 2.51.